The molecule has 0 bridgehead atoms. The topological polar surface area (TPSA) is 98.7 Å². The second-order valence-corrected chi connectivity index (χ2v) is 6.94. The summed E-state index contributed by atoms with van der Waals surface area (Å²) in [5.74, 6) is 1.51. The molecule has 3 heterocycles. The summed E-state index contributed by atoms with van der Waals surface area (Å²) in [5, 5.41) is 11.2. The Balaban J connectivity index is 1.49. The number of nitrogens with zero attached hydrogens (tertiary/aromatic N) is 5. The van der Waals surface area contributed by atoms with Gasteiger partial charge in [0.2, 0.25) is 0 Å². The number of hydrogen-bond acceptors (Lipinski definition) is 6. The summed E-state index contributed by atoms with van der Waals surface area (Å²) in [6, 6.07) is 11.6. The van der Waals surface area contributed by atoms with E-state index in [-0.39, 0.29) is 5.91 Å². The van der Waals surface area contributed by atoms with Gasteiger partial charge in [0.15, 0.2) is 11.6 Å². The zero-order chi connectivity index (χ0) is 21.1. The van der Waals surface area contributed by atoms with E-state index < -0.39 is 0 Å². The molecule has 8 nitrogen and oxygen atoms in total. The van der Waals surface area contributed by atoms with Crippen LogP contribution in [0, 0.1) is 13.8 Å². The molecule has 0 saturated heterocycles. The van der Waals surface area contributed by atoms with Gasteiger partial charge in [0.1, 0.15) is 0 Å². The molecule has 0 saturated carbocycles. The Morgan fingerprint density at radius 2 is 1.97 bits per heavy atom. The van der Waals surface area contributed by atoms with E-state index in [1.165, 1.54) is 0 Å². The van der Waals surface area contributed by atoms with Crippen molar-refractivity contribution >= 4 is 5.91 Å². The van der Waals surface area contributed by atoms with Gasteiger partial charge in [0, 0.05) is 19.2 Å². The van der Waals surface area contributed by atoms with E-state index in [1.54, 1.807) is 23.1 Å². The number of aryl methyl sites for hydroxylation is 2. The summed E-state index contributed by atoms with van der Waals surface area (Å²) >= 11 is 0. The normalized spacial score (nSPS) is 10.9. The third kappa shape index (κ3) is 3.84. The Bertz CT molecular complexity index is 1180. The summed E-state index contributed by atoms with van der Waals surface area (Å²) in [7, 11) is 0. The molecule has 0 aliphatic carbocycles. The first kappa shape index (κ1) is 19.5. The van der Waals surface area contributed by atoms with Crippen molar-refractivity contribution in [2.75, 3.05) is 0 Å². The van der Waals surface area contributed by atoms with Crippen LogP contribution in [0.15, 0.2) is 53.3 Å². The van der Waals surface area contributed by atoms with Crippen LogP contribution in [0.25, 0.3) is 17.3 Å². The maximum atomic E-state index is 12.7. The molecule has 1 aromatic carbocycles. The Labute approximate surface area is 174 Å². The second-order valence-electron chi connectivity index (χ2n) is 6.94. The smallest absolute Gasteiger partial charge is 0.259 e. The van der Waals surface area contributed by atoms with E-state index >= 15 is 0 Å². The minimum Gasteiger partial charge on any atom is -0.348 e. The van der Waals surface area contributed by atoms with Crippen molar-refractivity contribution in [2.24, 2.45) is 0 Å². The number of pyridine rings is 1. The average molecular weight is 402 g/mol. The van der Waals surface area contributed by atoms with Crippen molar-refractivity contribution in [3.05, 3.63) is 77.0 Å². The maximum Gasteiger partial charge on any atom is 0.259 e. The van der Waals surface area contributed by atoms with Crippen molar-refractivity contribution in [2.45, 2.75) is 33.7 Å². The molecule has 0 fully saturated rings. The van der Waals surface area contributed by atoms with Gasteiger partial charge >= 0.3 is 0 Å². The van der Waals surface area contributed by atoms with Gasteiger partial charge < -0.3 is 9.84 Å². The summed E-state index contributed by atoms with van der Waals surface area (Å²) in [6.07, 6.45) is 3.92. The Morgan fingerprint density at radius 3 is 2.67 bits per heavy atom. The van der Waals surface area contributed by atoms with Crippen LogP contribution >= 0.6 is 0 Å². The van der Waals surface area contributed by atoms with E-state index in [9.17, 15) is 4.79 Å². The van der Waals surface area contributed by atoms with E-state index in [2.05, 4.69) is 25.5 Å². The zero-order valence-corrected chi connectivity index (χ0v) is 17.1. The summed E-state index contributed by atoms with van der Waals surface area (Å²) in [4.78, 5) is 21.4. The van der Waals surface area contributed by atoms with E-state index in [0.29, 0.717) is 41.8 Å². The molecule has 0 aliphatic heterocycles. The molecule has 3 aromatic heterocycles. The molecule has 0 atom stereocenters. The molecule has 0 spiro atoms. The fourth-order valence-electron chi connectivity index (χ4n) is 3.10. The molecular formula is C22H22N6O2. The Hall–Kier alpha value is -3.81. The van der Waals surface area contributed by atoms with Crippen molar-refractivity contribution in [3.63, 3.8) is 0 Å². The minimum absolute atomic E-state index is 0.170. The number of nitrogens with one attached hydrogen (secondary N) is 1. The van der Waals surface area contributed by atoms with Gasteiger partial charge in [-0.1, -0.05) is 36.3 Å². The van der Waals surface area contributed by atoms with Gasteiger partial charge in [0.05, 0.1) is 23.0 Å². The monoisotopic (exact) mass is 402 g/mol. The van der Waals surface area contributed by atoms with E-state index in [0.717, 1.165) is 16.7 Å². The van der Waals surface area contributed by atoms with Gasteiger partial charge in [-0.3, -0.25) is 4.79 Å². The third-order valence-corrected chi connectivity index (χ3v) is 4.95. The van der Waals surface area contributed by atoms with Crippen LogP contribution in [0.4, 0.5) is 0 Å². The molecular weight excluding hydrogens is 380 g/mol. The Kier molecular flexibility index (Phi) is 5.38. The van der Waals surface area contributed by atoms with Gasteiger partial charge in [-0.15, -0.1) is 0 Å². The highest BCUT2D eigenvalue weighted by Gasteiger charge is 2.16. The molecule has 1 amide bonds. The number of carbonyl (C=O) groups excluding carboxylic acids is 1. The lowest BCUT2D eigenvalue weighted by atomic mass is 10.1. The molecule has 152 valence electrons. The first-order valence-electron chi connectivity index (χ1n) is 9.73. The predicted octanol–water partition coefficient (Wildman–Crippen LogP) is 3.43. The predicted molar refractivity (Wildman–Crippen MR) is 111 cm³/mol. The summed E-state index contributed by atoms with van der Waals surface area (Å²) in [6.45, 7) is 6.30. The van der Waals surface area contributed by atoms with Crippen molar-refractivity contribution in [1.82, 2.24) is 30.2 Å². The highest BCUT2D eigenvalue weighted by atomic mass is 16.5. The number of aromatic nitrogens is 5. The van der Waals surface area contributed by atoms with Gasteiger partial charge in [-0.2, -0.15) is 10.1 Å². The average Bonchev–Trinajstić information content (AvgIpc) is 3.40. The van der Waals surface area contributed by atoms with Gasteiger partial charge in [-0.05, 0) is 37.1 Å². The molecule has 4 aromatic rings. The van der Waals surface area contributed by atoms with Crippen LogP contribution in [-0.2, 0) is 13.0 Å². The molecule has 8 heteroatoms. The standard InChI is InChI=1S/C22H22N6O2/c1-4-19-26-22(30-27-19)17-9-10-20(23-12-17)28-15(3)18(13-25-28)21(29)24-11-16-8-6-5-7-14(16)2/h5-10,12-13H,4,11H2,1-3H3,(H,24,29). The number of amides is 1. The molecule has 30 heavy (non-hydrogen) atoms. The van der Waals surface area contributed by atoms with Crippen molar-refractivity contribution < 1.29 is 9.32 Å². The maximum absolute atomic E-state index is 12.7. The van der Waals surface area contributed by atoms with Crippen LogP contribution in [0.2, 0.25) is 0 Å². The van der Waals surface area contributed by atoms with Crippen LogP contribution in [0.5, 0.6) is 0 Å². The largest absolute Gasteiger partial charge is 0.348 e. The summed E-state index contributed by atoms with van der Waals surface area (Å²) in [5.41, 5.74) is 4.18. The highest BCUT2D eigenvalue weighted by Crippen LogP contribution is 2.19. The number of rotatable bonds is 6. The number of carbonyl (C=O) groups is 1. The van der Waals surface area contributed by atoms with Crippen LogP contribution < -0.4 is 5.32 Å². The lowest BCUT2D eigenvalue weighted by molar-refractivity contribution is 0.0950. The third-order valence-electron chi connectivity index (χ3n) is 4.95. The SMILES string of the molecule is CCc1noc(-c2ccc(-n3ncc(C(=O)NCc4ccccc4C)c3C)nc2)n1. The molecule has 0 aliphatic rings. The minimum atomic E-state index is -0.170. The quantitative estimate of drug-likeness (QED) is 0.531. The summed E-state index contributed by atoms with van der Waals surface area (Å²) < 4.78 is 6.88. The van der Waals surface area contributed by atoms with Crippen molar-refractivity contribution in [3.8, 4) is 17.3 Å². The fraction of sp³-hybridized carbons (Fsp3) is 0.227. The van der Waals surface area contributed by atoms with Crippen LogP contribution in [0.3, 0.4) is 0 Å². The van der Waals surface area contributed by atoms with Gasteiger partial charge in [-0.25, -0.2) is 9.67 Å². The zero-order valence-electron chi connectivity index (χ0n) is 17.1. The molecule has 4 rings (SSSR count). The Morgan fingerprint density at radius 1 is 1.13 bits per heavy atom. The van der Waals surface area contributed by atoms with Crippen molar-refractivity contribution in [1.29, 1.82) is 0 Å². The second kappa shape index (κ2) is 8.28. The van der Waals surface area contributed by atoms with Crippen LogP contribution in [0.1, 0.15) is 39.9 Å². The van der Waals surface area contributed by atoms with E-state index in [1.807, 2.05) is 51.1 Å². The first-order valence-corrected chi connectivity index (χ1v) is 9.73. The lowest BCUT2D eigenvalue weighted by Gasteiger charge is -2.08. The first-order chi connectivity index (χ1) is 14.6. The van der Waals surface area contributed by atoms with E-state index in [4.69, 9.17) is 4.52 Å². The van der Waals surface area contributed by atoms with Crippen LogP contribution in [-0.4, -0.2) is 30.8 Å². The fourth-order valence-corrected chi connectivity index (χ4v) is 3.10. The molecule has 0 radical (unpaired) electrons. The highest BCUT2D eigenvalue weighted by molar-refractivity contribution is 5.95. The lowest BCUT2D eigenvalue weighted by Crippen LogP contribution is -2.23. The van der Waals surface area contributed by atoms with Gasteiger partial charge in [0.25, 0.3) is 11.8 Å². The molecule has 1 N–H and O–H groups in total. The molecule has 0 unspecified atom stereocenters. The number of benzene rings is 1. The number of hydrogen-bond donors (Lipinski definition) is 1.